The number of hydrogen-bond acceptors (Lipinski definition) is 0. The molecule has 5 aromatic heterocycles. The van der Waals surface area contributed by atoms with Crippen molar-refractivity contribution in [1.29, 1.82) is 0 Å². The number of fused-ring (bicyclic) bond motifs is 19. The summed E-state index contributed by atoms with van der Waals surface area (Å²) in [6.45, 7) is 0. The molecule has 0 amide bonds. The van der Waals surface area contributed by atoms with Crippen molar-refractivity contribution in [3.8, 4) is 16.8 Å². The van der Waals surface area contributed by atoms with Crippen LogP contribution in [0.3, 0.4) is 0 Å². The summed E-state index contributed by atoms with van der Waals surface area (Å²) in [4.78, 5) is 0. The number of benzene rings is 10. The molecule has 5 heterocycles. The third-order valence-corrected chi connectivity index (χ3v) is 13.6. The first-order valence-corrected chi connectivity index (χ1v) is 20.5. The molecule has 0 atom stereocenters. The van der Waals surface area contributed by atoms with E-state index in [1.165, 1.54) is 136 Å². The molecule has 59 heavy (non-hydrogen) atoms. The number of rotatable bonds is 2. The first-order valence-electron chi connectivity index (χ1n) is 20.5. The summed E-state index contributed by atoms with van der Waals surface area (Å²) in [6, 6.07) is 70.3. The Balaban J connectivity index is 1.12. The topological polar surface area (TPSA) is 13.8 Å². The average molecular weight is 746 g/mol. The molecule has 270 valence electrons. The maximum atomic E-state index is 2.61. The lowest BCUT2D eigenvalue weighted by molar-refractivity contribution is 1.18. The quantitative estimate of drug-likeness (QED) is 0.167. The van der Waals surface area contributed by atoms with Gasteiger partial charge in [0.05, 0.1) is 44.1 Å². The number of hydrogen-bond donors (Lipinski definition) is 0. The third-order valence-electron chi connectivity index (χ3n) is 13.6. The van der Waals surface area contributed by atoms with E-state index in [0.29, 0.717) is 0 Å². The maximum Gasteiger partial charge on any atom is 0.0626 e. The van der Waals surface area contributed by atoms with Crippen LogP contribution in [0.5, 0.6) is 0 Å². The van der Waals surface area contributed by atoms with Gasteiger partial charge in [0.25, 0.3) is 0 Å². The minimum absolute atomic E-state index is 1.17. The van der Waals surface area contributed by atoms with Crippen LogP contribution in [0.1, 0.15) is 0 Å². The first kappa shape index (κ1) is 30.3. The van der Waals surface area contributed by atoms with Gasteiger partial charge in [-0.25, -0.2) is 0 Å². The lowest BCUT2D eigenvalue weighted by Gasteiger charge is -2.11. The molecule has 15 aromatic rings. The molecule has 0 aliphatic carbocycles. The normalized spacial score (nSPS) is 12.7. The van der Waals surface area contributed by atoms with Crippen molar-refractivity contribution in [3.05, 3.63) is 188 Å². The lowest BCUT2D eigenvalue weighted by atomic mass is 9.94. The Morgan fingerprint density at radius 2 is 0.847 bits per heavy atom. The molecule has 0 saturated carbocycles. The number of para-hydroxylation sites is 4. The maximum absolute atomic E-state index is 2.61. The fourth-order valence-electron chi connectivity index (χ4n) is 11.3. The van der Waals surface area contributed by atoms with Crippen molar-refractivity contribution < 1.29 is 0 Å². The van der Waals surface area contributed by atoms with Gasteiger partial charge in [-0.1, -0.05) is 127 Å². The van der Waals surface area contributed by atoms with Crippen molar-refractivity contribution in [2.75, 3.05) is 0 Å². The molecule has 0 bridgehead atoms. The van der Waals surface area contributed by atoms with E-state index in [-0.39, 0.29) is 0 Å². The summed E-state index contributed by atoms with van der Waals surface area (Å²) >= 11 is 0. The van der Waals surface area contributed by atoms with E-state index < -0.39 is 0 Å². The molecule has 0 unspecified atom stereocenters. The highest BCUT2D eigenvalue weighted by molar-refractivity contribution is 6.35. The van der Waals surface area contributed by atoms with Gasteiger partial charge >= 0.3 is 0 Å². The zero-order valence-corrected chi connectivity index (χ0v) is 31.7. The zero-order chi connectivity index (χ0) is 38.1. The molecular weight excluding hydrogens is 715 g/mol. The van der Waals surface area contributed by atoms with Gasteiger partial charge in [0.1, 0.15) is 0 Å². The molecule has 0 aliphatic rings. The smallest absolute Gasteiger partial charge is 0.0626 e. The van der Waals surface area contributed by atoms with E-state index >= 15 is 0 Å². The highest BCUT2D eigenvalue weighted by atomic mass is 15.0. The Hall–Kier alpha value is -7.88. The highest BCUT2D eigenvalue weighted by Crippen LogP contribution is 2.49. The molecule has 0 aliphatic heterocycles. The van der Waals surface area contributed by atoms with Crippen molar-refractivity contribution in [2.45, 2.75) is 0 Å². The van der Waals surface area contributed by atoms with E-state index in [0.717, 1.165) is 0 Å². The molecule has 3 nitrogen and oxygen atoms in total. The molecule has 0 saturated heterocycles. The Morgan fingerprint density at radius 1 is 0.271 bits per heavy atom. The molecule has 0 fully saturated rings. The minimum atomic E-state index is 1.17. The van der Waals surface area contributed by atoms with Crippen LogP contribution in [-0.2, 0) is 0 Å². The van der Waals surface area contributed by atoms with Crippen molar-refractivity contribution >= 4 is 120 Å². The lowest BCUT2D eigenvalue weighted by Crippen LogP contribution is -1.93. The van der Waals surface area contributed by atoms with Gasteiger partial charge in [-0.05, 0) is 87.8 Å². The third kappa shape index (κ3) is 3.62. The average Bonchev–Trinajstić information content (AvgIpc) is 4.08. The number of aromatic nitrogens is 3. The molecule has 10 aromatic carbocycles. The predicted molar refractivity (Wildman–Crippen MR) is 251 cm³/mol. The highest BCUT2D eigenvalue weighted by Gasteiger charge is 2.26. The SMILES string of the molecule is c1ccc(-n2c3ccccc3c3cc(-c4cc5ccccc5c5c6cccc7c8cc9c(cc8n(c45)c76)c4cc5ccccc5c5c6ccccc6n9c45)ccc32)cc1. The zero-order valence-electron chi connectivity index (χ0n) is 31.7. The summed E-state index contributed by atoms with van der Waals surface area (Å²) in [5.74, 6) is 0. The van der Waals surface area contributed by atoms with Gasteiger partial charge < -0.3 is 13.4 Å². The monoisotopic (exact) mass is 745 g/mol. The minimum Gasteiger partial charge on any atom is -0.309 e. The Labute approximate surface area is 336 Å². The second-order valence-electron chi connectivity index (χ2n) is 16.4. The Kier molecular flexibility index (Phi) is 5.41. The van der Waals surface area contributed by atoms with Gasteiger partial charge in [-0.3, -0.25) is 0 Å². The predicted octanol–water partition coefficient (Wildman–Crippen LogP) is 15.1. The summed E-state index contributed by atoms with van der Waals surface area (Å²) < 4.78 is 7.55. The molecule has 15 rings (SSSR count). The van der Waals surface area contributed by atoms with Crippen molar-refractivity contribution in [3.63, 3.8) is 0 Å². The van der Waals surface area contributed by atoms with Crippen LogP contribution in [0.15, 0.2) is 188 Å². The van der Waals surface area contributed by atoms with Crippen molar-refractivity contribution in [1.82, 2.24) is 13.4 Å². The Morgan fingerprint density at radius 3 is 1.66 bits per heavy atom. The first-order chi connectivity index (χ1) is 29.3. The van der Waals surface area contributed by atoms with E-state index in [4.69, 9.17) is 0 Å². The largest absolute Gasteiger partial charge is 0.309 e. The fraction of sp³-hybridized carbons (Fsp3) is 0. The second kappa shape index (κ2) is 10.5. The standard InChI is InChI=1S/C56H31N3/c1-2-15-35(16-3-1)57-47-23-10-8-19-38(47)43-28-34(25-26-49(43)57)42-27-32-13-4-7-18-37(32)53-41-22-12-21-39-44-30-50-45(31-51(44)59(54(39)41)55(42)53)46-29-33-14-5-6-17-36(33)52-40-20-9-11-24-48(40)58(50)56(46)52/h1-31H. The van der Waals surface area contributed by atoms with Gasteiger partial charge in [0.15, 0.2) is 0 Å². The van der Waals surface area contributed by atoms with Crippen LogP contribution in [0.25, 0.3) is 136 Å². The van der Waals surface area contributed by atoms with Crippen molar-refractivity contribution in [2.24, 2.45) is 0 Å². The summed E-state index contributed by atoms with van der Waals surface area (Å²) in [5, 5.41) is 18.1. The molecular formula is C56H31N3. The fourth-order valence-corrected chi connectivity index (χ4v) is 11.3. The van der Waals surface area contributed by atoms with Crippen LogP contribution in [-0.4, -0.2) is 13.4 Å². The van der Waals surface area contributed by atoms with Gasteiger partial charge in [-0.15, -0.1) is 0 Å². The van der Waals surface area contributed by atoms with E-state index in [1.807, 2.05) is 0 Å². The van der Waals surface area contributed by atoms with Crippen LogP contribution >= 0.6 is 0 Å². The van der Waals surface area contributed by atoms with Crippen LogP contribution in [0.2, 0.25) is 0 Å². The van der Waals surface area contributed by atoms with Crippen LogP contribution < -0.4 is 0 Å². The van der Waals surface area contributed by atoms with Gasteiger partial charge in [-0.2, -0.15) is 0 Å². The molecule has 0 radical (unpaired) electrons. The van der Waals surface area contributed by atoms with Crippen LogP contribution in [0.4, 0.5) is 0 Å². The summed E-state index contributed by atoms with van der Waals surface area (Å²) in [7, 11) is 0. The van der Waals surface area contributed by atoms with Gasteiger partial charge in [0, 0.05) is 65.1 Å². The number of nitrogens with zero attached hydrogens (tertiary/aromatic N) is 3. The van der Waals surface area contributed by atoms with E-state index in [2.05, 4.69) is 201 Å². The summed E-state index contributed by atoms with van der Waals surface area (Å²) in [6.07, 6.45) is 0. The summed E-state index contributed by atoms with van der Waals surface area (Å²) in [5.41, 5.74) is 13.7. The van der Waals surface area contributed by atoms with Gasteiger partial charge in [0.2, 0.25) is 0 Å². The second-order valence-corrected chi connectivity index (χ2v) is 16.4. The molecule has 0 N–H and O–H groups in total. The van der Waals surface area contributed by atoms with E-state index in [9.17, 15) is 0 Å². The van der Waals surface area contributed by atoms with E-state index in [1.54, 1.807) is 0 Å². The molecule has 3 heteroatoms. The Bertz CT molecular complexity index is 4290. The van der Waals surface area contributed by atoms with Crippen LogP contribution in [0, 0.1) is 0 Å². The molecule has 0 spiro atoms.